The molecule has 0 aliphatic heterocycles. The minimum absolute atomic E-state index is 0.0722. The number of carbonyl (C=O) groups is 1. The SMILES string of the molecule is CC1(C)C(N)CC1NC(=O)c1nn(-c2ccc(F)cc2)c2c1CCC2. The van der Waals surface area contributed by atoms with E-state index in [9.17, 15) is 9.18 Å². The highest BCUT2D eigenvalue weighted by Gasteiger charge is 2.47. The van der Waals surface area contributed by atoms with E-state index in [0.717, 1.165) is 42.6 Å². The second kappa shape index (κ2) is 5.66. The third-order valence-corrected chi connectivity index (χ3v) is 5.87. The molecule has 4 rings (SSSR count). The number of fused-ring (bicyclic) bond motifs is 1. The van der Waals surface area contributed by atoms with Crippen LogP contribution in [0.5, 0.6) is 0 Å². The molecule has 132 valence electrons. The maximum atomic E-state index is 13.2. The average molecular weight is 342 g/mol. The van der Waals surface area contributed by atoms with Gasteiger partial charge in [-0.15, -0.1) is 0 Å². The monoisotopic (exact) mass is 342 g/mol. The van der Waals surface area contributed by atoms with Gasteiger partial charge >= 0.3 is 0 Å². The Kier molecular flexibility index (Phi) is 3.68. The Bertz CT molecular complexity index is 825. The van der Waals surface area contributed by atoms with Gasteiger partial charge in [0.15, 0.2) is 5.69 Å². The van der Waals surface area contributed by atoms with Gasteiger partial charge in [-0.25, -0.2) is 9.07 Å². The first-order chi connectivity index (χ1) is 11.9. The first-order valence-corrected chi connectivity index (χ1v) is 8.81. The quantitative estimate of drug-likeness (QED) is 0.899. The third-order valence-electron chi connectivity index (χ3n) is 5.87. The fourth-order valence-corrected chi connectivity index (χ4v) is 3.85. The zero-order valence-electron chi connectivity index (χ0n) is 14.6. The van der Waals surface area contributed by atoms with Crippen molar-refractivity contribution < 1.29 is 9.18 Å². The zero-order valence-corrected chi connectivity index (χ0v) is 14.6. The van der Waals surface area contributed by atoms with Crippen molar-refractivity contribution in [2.24, 2.45) is 11.1 Å². The molecule has 6 heteroatoms. The van der Waals surface area contributed by atoms with E-state index in [1.807, 2.05) is 0 Å². The molecular weight excluding hydrogens is 319 g/mol. The highest BCUT2D eigenvalue weighted by Crippen LogP contribution is 2.39. The highest BCUT2D eigenvalue weighted by atomic mass is 19.1. The van der Waals surface area contributed by atoms with Gasteiger partial charge < -0.3 is 11.1 Å². The van der Waals surface area contributed by atoms with Crippen molar-refractivity contribution in [1.82, 2.24) is 15.1 Å². The molecule has 2 aliphatic rings. The molecule has 0 bridgehead atoms. The molecule has 2 aromatic rings. The van der Waals surface area contributed by atoms with Crippen LogP contribution in [-0.2, 0) is 12.8 Å². The number of amides is 1. The lowest BCUT2D eigenvalue weighted by molar-refractivity contribution is 0.0582. The van der Waals surface area contributed by atoms with Crippen LogP contribution < -0.4 is 11.1 Å². The van der Waals surface area contributed by atoms with Crippen LogP contribution >= 0.6 is 0 Å². The average Bonchev–Trinajstić information content (AvgIpc) is 3.17. The summed E-state index contributed by atoms with van der Waals surface area (Å²) in [6.07, 6.45) is 3.54. The largest absolute Gasteiger partial charge is 0.347 e. The number of nitrogens with zero attached hydrogens (tertiary/aromatic N) is 2. The number of halogens is 1. The molecule has 2 aliphatic carbocycles. The van der Waals surface area contributed by atoms with E-state index >= 15 is 0 Å². The molecule has 2 atom stereocenters. The molecule has 1 aromatic carbocycles. The van der Waals surface area contributed by atoms with Gasteiger partial charge in [0, 0.05) is 28.8 Å². The van der Waals surface area contributed by atoms with E-state index in [1.165, 1.54) is 12.1 Å². The summed E-state index contributed by atoms with van der Waals surface area (Å²) in [5.74, 6) is -0.418. The third kappa shape index (κ3) is 2.56. The van der Waals surface area contributed by atoms with Crippen molar-refractivity contribution in [2.45, 2.75) is 51.6 Å². The fraction of sp³-hybridized carbons (Fsp3) is 0.474. The number of hydrogen-bond donors (Lipinski definition) is 2. The van der Waals surface area contributed by atoms with Crippen molar-refractivity contribution in [3.05, 3.63) is 47.0 Å². The van der Waals surface area contributed by atoms with Crippen molar-refractivity contribution >= 4 is 5.91 Å². The number of benzene rings is 1. The van der Waals surface area contributed by atoms with Crippen LogP contribution in [0.4, 0.5) is 4.39 Å². The lowest BCUT2D eigenvalue weighted by atomic mass is 9.63. The van der Waals surface area contributed by atoms with E-state index in [2.05, 4.69) is 24.3 Å². The van der Waals surface area contributed by atoms with E-state index in [0.29, 0.717) is 5.69 Å². The first kappa shape index (κ1) is 16.3. The Labute approximate surface area is 146 Å². The summed E-state index contributed by atoms with van der Waals surface area (Å²) in [6, 6.07) is 6.39. The Morgan fingerprint density at radius 1 is 1.32 bits per heavy atom. The standard InChI is InChI=1S/C19H23FN4O/c1-19(2)15(21)10-16(19)22-18(25)17-13-4-3-5-14(13)24(23-17)12-8-6-11(20)7-9-12/h6-9,15-16H,3-5,10,21H2,1-2H3,(H,22,25). The highest BCUT2D eigenvalue weighted by molar-refractivity contribution is 5.94. The maximum absolute atomic E-state index is 13.2. The predicted octanol–water partition coefficient (Wildman–Crippen LogP) is 2.36. The Morgan fingerprint density at radius 3 is 2.68 bits per heavy atom. The Hall–Kier alpha value is -2.21. The molecule has 5 nitrogen and oxygen atoms in total. The van der Waals surface area contributed by atoms with E-state index in [1.54, 1.807) is 16.8 Å². The zero-order chi connectivity index (χ0) is 17.8. The molecule has 1 saturated carbocycles. The second-order valence-electron chi connectivity index (χ2n) is 7.71. The molecule has 25 heavy (non-hydrogen) atoms. The number of aromatic nitrogens is 2. The summed E-state index contributed by atoms with van der Waals surface area (Å²) in [5, 5.41) is 7.66. The van der Waals surface area contributed by atoms with Gasteiger partial charge in [-0.3, -0.25) is 4.79 Å². The van der Waals surface area contributed by atoms with Crippen LogP contribution in [-0.4, -0.2) is 27.8 Å². The number of carbonyl (C=O) groups excluding carboxylic acids is 1. The van der Waals surface area contributed by atoms with Crippen LogP contribution in [0.25, 0.3) is 5.69 Å². The molecule has 0 radical (unpaired) electrons. The summed E-state index contributed by atoms with van der Waals surface area (Å²) >= 11 is 0. The fourth-order valence-electron chi connectivity index (χ4n) is 3.85. The number of nitrogens with one attached hydrogen (secondary N) is 1. The molecular formula is C19H23FN4O. The lowest BCUT2D eigenvalue weighted by Gasteiger charge is -2.50. The van der Waals surface area contributed by atoms with Gasteiger partial charge in [-0.05, 0) is 49.9 Å². The van der Waals surface area contributed by atoms with Gasteiger partial charge in [0.25, 0.3) is 5.91 Å². The van der Waals surface area contributed by atoms with Crippen molar-refractivity contribution in [1.29, 1.82) is 0 Å². The van der Waals surface area contributed by atoms with Crippen molar-refractivity contribution in [3.63, 3.8) is 0 Å². The first-order valence-electron chi connectivity index (χ1n) is 8.81. The lowest BCUT2D eigenvalue weighted by Crippen LogP contribution is -2.64. The molecule has 0 spiro atoms. The van der Waals surface area contributed by atoms with Crippen molar-refractivity contribution in [2.75, 3.05) is 0 Å². The van der Waals surface area contributed by atoms with Crippen LogP contribution in [0, 0.1) is 11.2 Å². The smallest absolute Gasteiger partial charge is 0.272 e. The normalized spacial score (nSPS) is 23.8. The predicted molar refractivity (Wildman–Crippen MR) is 93.2 cm³/mol. The van der Waals surface area contributed by atoms with Crippen LogP contribution in [0.1, 0.15) is 48.4 Å². The summed E-state index contributed by atoms with van der Waals surface area (Å²) in [4.78, 5) is 12.8. The van der Waals surface area contributed by atoms with Crippen LogP contribution in [0.15, 0.2) is 24.3 Å². The second-order valence-corrected chi connectivity index (χ2v) is 7.71. The maximum Gasteiger partial charge on any atom is 0.272 e. The van der Waals surface area contributed by atoms with Gasteiger partial charge in [-0.2, -0.15) is 5.10 Å². The minimum atomic E-state index is -0.283. The Balaban J connectivity index is 1.64. The van der Waals surface area contributed by atoms with Gasteiger partial charge in [0.2, 0.25) is 0 Å². The van der Waals surface area contributed by atoms with Gasteiger partial charge in [0.05, 0.1) is 5.69 Å². The molecule has 3 N–H and O–H groups in total. The number of hydrogen-bond acceptors (Lipinski definition) is 3. The van der Waals surface area contributed by atoms with Gasteiger partial charge in [0.1, 0.15) is 5.82 Å². The molecule has 1 fully saturated rings. The van der Waals surface area contributed by atoms with E-state index < -0.39 is 0 Å². The van der Waals surface area contributed by atoms with E-state index in [4.69, 9.17) is 5.73 Å². The molecule has 1 heterocycles. The molecule has 0 saturated heterocycles. The molecule has 2 unspecified atom stereocenters. The van der Waals surface area contributed by atoms with Crippen molar-refractivity contribution in [3.8, 4) is 5.69 Å². The summed E-state index contributed by atoms with van der Waals surface area (Å²) in [7, 11) is 0. The van der Waals surface area contributed by atoms with E-state index in [-0.39, 0.29) is 29.2 Å². The minimum Gasteiger partial charge on any atom is -0.347 e. The topological polar surface area (TPSA) is 72.9 Å². The van der Waals surface area contributed by atoms with Crippen LogP contribution in [0.3, 0.4) is 0 Å². The Morgan fingerprint density at radius 2 is 2.04 bits per heavy atom. The van der Waals surface area contributed by atoms with Gasteiger partial charge in [-0.1, -0.05) is 13.8 Å². The molecule has 1 aromatic heterocycles. The van der Waals surface area contributed by atoms with Crippen LogP contribution in [0.2, 0.25) is 0 Å². The summed E-state index contributed by atoms with van der Waals surface area (Å²) in [6.45, 7) is 4.15. The number of nitrogens with two attached hydrogens (primary N) is 1. The summed E-state index contributed by atoms with van der Waals surface area (Å²) < 4.78 is 15.0. The summed E-state index contributed by atoms with van der Waals surface area (Å²) in [5.41, 5.74) is 9.29. The number of rotatable bonds is 3. The molecule has 1 amide bonds.